The van der Waals surface area contributed by atoms with Crippen LogP contribution in [-0.2, 0) is 6.54 Å². The maximum absolute atomic E-state index is 12.7. The third-order valence-corrected chi connectivity index (χ3v) is 3.77. The van der Waals surface area contributed by atoms with E-state index in [1.165, 1.54) is 4.80 Å². The van der Waals surface area contributed by atoms with Gasteiger partial charge in [0.1, 0.15) is 11.0 Å². The maximum Gasteiger partial charge on any atom is 0.196 e. The van der Waals surface area contributed by atoms with Crippen molar-refractivity contribution in [2.45, 2.75) is 13.5 Å². The summed E-state index contributed by atoms with van der Waals surface area (Å²) in [6, 6.07) is 10.3. The zero-order valence-corrected chi connectivity index (χ0v) is 11.3. The zero-order valence-electron chi connectivity index (χ0n) is 11.3. The average molecular weight is 277 g/mol. The predicted octanol–water partition coefficient (Wildman–Crippen LogP) is 2.23. The number of aryl methyl sites for hydroxylation is 1. The van der Waals surface area contributed by atoms with Gasteiger partial charge in [-0.2, -0.15) is 15.0 Å². The van der Waals surface area contributed by atoms with Crippen LogP contribution in [0.15, 0.2) is 36.4 Å². The SMILES string of the molecule is CCn1nc2ccc3c(c2n1)C(=O)c1ccccc1C3=O. The minimum Gasteiger partial charge on any atom is -0.289 e. The average Bonchev–Trinajstić information content (AvgIpc) is 2.95. The highest BCUT2D eigenvalue weighted by molar-refractivity contribution is 6.31. The first-order valence-corrected chi connectivity index (χ1v) is 6.77. The number of hydrogen-bond acceptors (Lipinski definition) is 4. The molecule has 3 aromatic rings. The number of carbonyl (C=O) groups is 2. The Kier molecular flexibility index (Phi) is 2.33. The highest BCUT2D eigenvalue weighted by Gasteiger charge is 2.32. The molecule has 0 bridgehead atoms. The van der Waals surface area contributed by atoms with Crippen LogP contribution in [0, 0.1) is 0 Å². The first kappa shape index (κ1) is 12.0. The van der Waals surface area contributed by atoms with Crippen LogP contribution in [-0.4, -0.2) is 26.6 Å². The second-order valence-corrected chi connectivity index (χ2v) is 4.95. The Labute approximate surface area is 120 Å². The molecule has 0 fully saturated rings. The number of fused-ring (bicyclic) bond motifs is 4. The predicted molar refractivity (Wildman–Crippen MR) is 76.5 cm³/mol. The summed E-state index contributed by atoms with van der Waals surface area (Å²) in [7, 11) is 0. The van der Waals surface area contributed by atoms with Crippen molar-refractivity contribution in [3.63, 3.8) is 0 Å². The van der Waals surface area contributed by atoms with Gasteiger partial charge in [0.25, 0.3) is 0 Å². The van der Waals surface area contributed by atoms with Crippen LogP contribution in [0.5, 0.6) is 0 Å². The molecule has 0 aliphatic heterocycles. The number of ketones is 2. The summed E-state index contributed by atoms with van der Waals surface area (Å²) in [6.45, 7) is 2.54. The highest BCUT2D eigenvalue weighted by atomic mass is 16.1. The van der Waals surface area contributed by atoms with Gasteiger partial charge in [0.15, 0.2) is 11.6 Å². The fourth-order valence-electron chi connectivity index (χ4n) is 2.74. The van der Waals surface area contributed by atoms with Gasteiger partial charge in [-0.1, -0.05) is 24.3 Å². The molecule has 0 saturated carbocycles. The van der Waals surface area contributed by atoms with Gasteiger partial charge in [-0.25, -0.2) is 0 Å². The van der Waals surface area contributed by atoms with E-state index < -0.39 is 0 Å². The van der Waals surface area contributed by atoms with E-state index in [4.69, 9.17) is 0 Å². The third kappa shape index (κ3) is 1.51. The Morgan fingerprint density at radius 3 is 2.33 bits per heavy atom. The second-order valence-electron chi connectivity index (χ2n) is 4.95. The molecule has 102 valence electrons. The van der Waals surface area contributed by atoms with Crippen LogP contribution in [0.4, 0.5) is 0 Å². The fraction of sp³-hybridized carbons (Fsp3) is 0.125. The fourth-order valence-corrected chi connectivity index (χ4v) is 2.74. The first-order valence-electron chi connectivity index (χ1n) is 6.77. The lowest BCUT2D eigenvalue weighted by molar-refractivity contribution is 0.0980. The molecular formula is C16H11N3O2. The Bertz CT molecular complexity index is 924. The standard InChI is InChI=1S/C16H11N3O2/c1-2-19-17-12-8-7-11-13(14(12)18-19)16(21)10-6-4-3-5-9(10)15(11)20/h3-8H,2H2,1H3. The van der Waals surface area contributed by atoms with Crippen LogP contribution >= 0.6 is 0 Å². The summed E-state index contributed by atoms with van der Waals surface area (Å²) in [5, 5.41) is 8.63. The van der Waals surface area contributed by atoms with Gasteiger partial charge in [0.2, 0.25) is 0 Å². The molecule has 0 radical (unpaired) electrons. The largest absolute Gasteiger partial charge is 0.289 e. The summed E-state index contributed by atoms with van der Waals surface area (Å²) in [6.07, 6.45) is 0. The topological polar surface area (TPSA) is 64.8 Å². The number of hydrogen-bond donors (Lipinski definition) is 0. The van der Waals surface area contributed by atoms with Gasteiger partial charge in [0, 0.05) is 16.7 Å². The lowest BCUT2D eigenvalue weighted by Crippen LogP contribution is -2.21. The summed E-state index contributed by atoms with van der Waals surface area (Å²) in [5.74, 6) is -0.290. The zero-order chi connectivity index (χ0) is 14.6. The van der Waals surface area contributed by atoms with Crippen molar-refractivity contribution < 1.29 is 9.59 Å². The van der Waals surface area contributed by atoms with Gasteiger partial charge >= 0.3 is 0 Å². The number of nitrogens with zero attached hydrogens (tertiary/aromatic N) is 3. The molecule has 0 saturated heterocycles. The van der Waals surface area contributed by atoms with Crippen LogP contribution < -0.4 is 0 Å². The number of aromatic nitrogens is 3. The molecular weight excluding hydrogens is 266 g/mol. The van der Waals surface area contributed by atoms with Crippen molar-refractivity contribution in [2.75, 3.05) is 0 Å². The smallest absolute Gasteiger partial charge is 0.196 e. The lowest BCUT2D eigenvalue weighted by atomic mass is 9.83. The summed E-state index contributed by atoms with van der Waals surface area (Å²) in [4.78, 5) is 26.8. The molecule has 1 heterocycles. The summed E-state index contributed by atoms with van der Waals surface area (Å²) < 4.78 is 0. The second kappa shape index (κ2) is 4.09. The van der Waals surface area contributed by atoms with E-state index in [1.807, 2.05) is 6.92 Å². The van der Waals surface area contributed by atoms with Gasteiger partial charge in [-0.3, -0.25) is 9.59 Å². The highest BCUT2D eigenvalue weighted by Crippen LogP contribution is 2.31. The normalized spacial score (nSPS) is 13.4. The molecule has 0 spiro atoms. The van der Waals surface area contributed by atoms with Crippen molar-refractivity contribution in [1.82, 2.24) is 15.0 Å². The quantitative estimate of drug-likeness (QED) is 0.535. The molecule has 1 aromatic heterocycles. The maximum atomic E-state index is 12.7. The molecule has 0 N–H and O–H groups in total. The van der Waals surface area contributed by atoms with Crippen molar-refractivity contribution in [3.05, 3.63) is 58.7 Å². The van der Waals surface area contributed by atoms with Crippen molar-refractivity contribution in [1.29, 1.82) is 0 Å². The third-order valence-electron chi connectivity index (χ3n) is 3.77. The molecule has 4 rings (SSSR count). The van der Waals surface area contributed by atoms with E-state index in [-0.39, 0.29) is 11.6 Å². The monoisotopic (exact) mass is 277 g/mol. The van der Waals surface area contributed by atoms with E-state index in [9.17, 15) is 9.59 Å². The molecule has 0 unspecified atom stereocenters. The van der Waals surface area contributed by atoms with Gasteiger partial charge in [-0.15, -0.1) is 0 Å². The van der Waals surface area contributed by atoms with Crippen molar-refractivity contribution in [2.24, 2.45) is 0 Å². The van der Waals surface area contributed by atoms with Crippen LogP contribution in [0.1, 0.15) is 38.8 Å². The first-order chi connectivity index (χ1) is 10.2. The van der Waals surface area contributed by atoms with Gasteiger partial charge in [0.05, 0.1) is 12.1 Å². The Morgan fingerprint density at radius 1 is 0.905 bits per heavy atom. The lowest BCUT2D eigenvalue weighted by Gasteiger charge is -2.16. The number of benzene rings is 2. The Morgan fingerprint density at radius 2 is 1.62 bits per heavy atom. The van der Waals surface area contributed by atoms with E-state index in [0.29, 0.717) is 39.8 Å². The molecule has 1 aliphatic carbocycles. The van der Waals surface area contributed by atoms with Gasteiger partial charge < -0.3 is 0 Å². The Hall–Kier alpha value is -2.82. The molecule has 21 heavy (non-hydrogen) atoms. The molecule has 1 aliphatic rings. The van der Waals surface area contributed by atoms with E-state index in [2.05, 4.69) is 10.2 Å². The molecule has 0 atom stereocenters. The minimum atomic E-state index is -0.158. The van der Waals surface area contributed by atoms with Crippen LogP contribution in [0.3, 0.4) is 0 Å². The van der Waals surface area contributed by atoms with Crippen LogP contribution in [0.25, 0.3) is 11.0 Å². The van der Waals surface area contributed by atoms with E-state index in [0.717, 1.165) is 0 Å². The Balaban J connectivity index is 2.08. The molecule has 5 nitrogen and oxygen atoms in total. The minimum absolute atomic E-state index is 0.131. The molecule has 0 amide bonds. The molecule has 5 heteroatoms. The van der Waals surface area contributed by atoms with Crippen molar-refractivity contribution in [3.8, 4) is 0 Å². The molecule has 2 aromatic carbocycles. The number of carbonyl (C=O) groups excluding carboxylic acids is 2. The van der Waals surface area contributed by atoms with E-state index >= 15 is 0 Å². The summed E-state index contributed by atoms with van der Waals surface area (Å²) in [5.41, 5.74) is 2.81. The summed E-state index contributed by atoms with van der Waals surface area (Å²) >= 11 is 0. The van der Waals surface area contributed by atoms with E-state index in [1.54, 1.807) is 36.4 Å². The van der Waals surface area contributed by atoms with Gasteiger partial charge in [-0.05, 0) is 19.1 Å². The number of rotatable bonds is 1. The van der Waals surface area contributed by atoms with Crippen molar-refractivity contribution >= 4 is 22.6 Å². The van der Waals surface area contributed by atoms with Crippen LogP contribution in [0.2, 0.25) is 0 Å².